The minimum Gasteiger partial charge on any atom is -0.340 e. The monoisotopic (exact) mass is 386 g/mol. The van der Waals surface area contributed by atoms with E-state index in [9.17, 15) is 4.79 Å². The maximum Gasteiger partial charge on any atom is 0.250 e. The largest absolute Gasteiger partial charge is 0.340 e. The number of hydrogen-bond acceptors (Lipinski definition) is 3. The first-order valence-corrected chi connectivity index (χ1v) is 10.3. The molecule has 27 heavy (non-hydrogen) atoms. The quantitative estimate of drug-likeness (QED) is 0.795. The van der Waals surface area contributed by atoms with Crippen LogP contribution in [0.1, 0.15) is 31.2 Å². The van der Waals surface area contributed by atoms with E-state index < -0.39 is 5.54 Å². The van der Waals surface area contributed by atoms with Crippen LogP contribution >= 0.6 is 11.6 Å². The number of piperidine rings is 1. The van der Waals surface area contributed by atoms with Gasteiger partial charge in [0.1, 0.15) is 5.54 Å². The number of nitrogens with zero attached hydrogens (tertiary/aromatic N) is 3. The summed E-state index contributed by atoms with van der Waals surface area (Å²) >= 11 is 6.00. The second-order valence-electron chi connectivity index (χ2n) is 7.80. The molecule has 0 unspecified atom stereocenters. The number of carbonyl (C=O) groups excluding carboxylic acids is 1. The van der Waals surface area contributed by atoms with Crippen molar-refractivity contribution in [1.29, 1.82) is 0 Å². The highest BCUT2D eigenvalue weighted by Crippen LogP contribution is 2.34. The van der Waals surface area contributed by atoms with Crippen LogP contribution in [0.25, 0.3) is 0 Å². The summed E-state index contributed by atoms with van der Waals surface area (Å²) in [6.07, 6.45) is 8.62. The maximum atomic E-state index is 13.8. The first-order valence-electron chi connectivity index (χ1n) is 9.92. The second-order valence-corrected chi connectivity index (χ2v) is 8.24. The predicted octanol–water partition coefficient (Wildman–Crippen LogP) is 3.10. The highest BCUT2D eigenvalue weighted by atomic mass is 35.5. The van der Waals surface area contributed by atoms with E-state index in [1.54, 1.807) is 6.20 Å². The number of aromatic nitrogens is 2. The second kappa shape index (κ2) is 8.03. The van der Waals surface area contributed by atoms with Crippen molar-refractivity contribution in [3.63, 3.8) is 0 Å². The normalized spacial score (nSPS) is 19.0. The molecule has 144 valence electrons. The van der Waals surface area contributed by atoms with Gasteiger partial charge in [-0.15, -0.1) is 0 Å². The molecule has 6 heteroatoms. The van der Waals surface area contributed by atoms with Crippen molar-refractivity contribution in [3.05, 3.63) is 53.3 Å². The Morgan fingerprint density at radius 2 is 2.00 bits per heavy atom. The number of carbonyl (C=O) groups is 1. The van der Waals surface area contributed by atoms with Crippen LogP contribution < -0.4 is 5.32 Å². The molecule has 2 aliphatic rings. The topological polar surface area (TPSA) is 50.2 Å². The third-order valence-corrected chi connectivity index (χ3v) is 6.07. The van der Waals surface area contributed by atoms with E-state index in [0.29, 0.717) is 5.92 Å². The molecule has 0 spiro atoms. The lowest BCUT2D eigenvalue weighted by Crippen LogP contribution is -2.56. The Morgan fingerprint density at radius 3 is 2.63 bits per heavy atom. The van der Waals surface area contributed by atoms with Gasteiger partial charge in [-0.05, 0) is 74.9 Å². The third-order valence-electron chi connectivity index (χ3n) is 5.82. The molecular formula is C21H27ClN4O. The van der Waals surface area contributed by atoms with E-state index in [4.69, 9.17) is 11.6 Å². The van der Waals surface area contributed by atoms with Crippen molar-refractivity contribution in [1.82, 2.24) is 20.0 Å². The van der Waals surface area contributed by atoms with E-state index in [0.717, 1.165) is 50.5 Å². The predicted molar refractivity (Wildman–Crippen MR) is 107 cm³/mol. The van der Waals surface area contributed by atoms with Gasteiger partial charge in [-0.25, -0.2) is 0 Å². The van der Waals surface area contributed by atoms with Gasteiger partial charge >= 0.3 is 0 Å². The van der Waals surface area contributed by atoms with Crippen molar-refractivity contribution in [2.24, 2.45) is 5.92 Å². The summed E-state index contributed by atoms with van der Waals surface area (Å²) < 4.78 is 1.90. The molecule has 4 rings (SSSR count). The Kier molecular flexibility index (Phi) is 5.50. The lowest BCUT2D eigenvalue weighted by molar-refractivity contribution is -0.143. The standard InChI is InChI=1S/C21H27ClN4O/c22-19-6-4-17(5-7-19)8-15-25(16-18-2-3-18)20(27)21(9-12-23-13-10-21)26-14-1-11-24-26/h1,4-7,11,14,18,23H,2-3,8-10,12-13,15-16H2. The molecule has 1 aromatic heterocycles. The van der Waals surface area contributed by atoms with Crippen LogP contribution in [0.15, 0.2) is 42.7 Å². The molecule has 5 nitrogen and oxygen atoms in total. The van der Waals surface area contributed by atoms with Gasteiger partial charge in [0.25, 0.3) is 5.91 Å². The number of rotatable bonds is 7. The lowest BCUT2D eigenvalue weighted by atomic mass is 9.86. The molecule has 2 fully saturated rings. The Hall–Kier alpha value is -1.85. The number of benzene rings is 1. The van der Waals surface area contributed by atoms with Gasteiger partial charge in [-0.1, -0.05) is 23.7 Å². The highest BCUT2D eigenvalue weighted by molar-refractivity contribution is 6.30. The van der Waals surface area contributed by atoms with Gasteiger partial charge in [0, 0.05) is 30.5 Å². The Bertz CT molecular complexity index is 749. The summed E-state index contributed by atoms with van der Waals surface area (Å²) in [6, 6.07) is 9.85. The van der Waals surface area contributed by atoms with Gasteiger partial charge < -0.3 is 10.2 Å². The van der Waals surface area contributed by atoms with Gasteiger partial charge in [0.15, 0.2) is 0 Å². The average Bonchev–Trinajstić information content (AvgIpc) is 3.34. The molecule has 1 saturated heterocycles. The van der Waals surface area contributed by atoms with Crippen LogP contribution in [0.2, 0.25) is 5.02 Å². The van der Waals surface area contributed by atoms with Crippen LogP contribution in [0.5, 0.6) is 0 Å². The van der Waals surface area contributed by atoms with E-state index >= 15 is 0 Å². The number of hydrogen-bond donors (Lipinski definition) is 1. The summed E-state index contributed by atoms with van der Waals surface area (Å²) in [5.41, 5.74) is 0.662. The molecule has 1 aliphatic heterocycles. The zero-order valence-corrected chi connectivity index (χ0v) is 16.4. The highest BCUT2D eigenvalue weighted by Gasteiger charge is 2.45. The summed E-state index contributed by atoms with van der Waals surface area (Å²) in [7, 11) is 0. The van der Waals surface area contributed by atoms with Crippen LogP contribution in [0.4, 0.5) is 0 Å². The summed E-state index contributed by atoms with van der Waals surface area (Å²) in [5.74, 6) is 0.893. The van der Waals surface area contributed by atoms with Crippen molar-refractivity contribution in [3.8, 4) is 0 Å². The lowest BCUT2D eigenvalue weighted by Gasteiger charge is -2.40. The maximum absolute atomic E-state index is 13.8. The first-order chi connectivity index (χ1) is 13.2. The molecule has 1 amide bonds. The van der Waals surface area contributed by atoms with Gasteiger partial charge in [0.05, 0.1) is 0 Å². The van der Waals surface area contributed by atoms with Crippen molar-refractivity contribution in [2.75, 3.05) is 26.2 Å². The minimum atomic E-state index is -0.552. The molecule has 0 radical (unpaired) electrons. The minimum absolute atomic E-state index is 0.230. The zero-order valence-electron chi connectivity index (χ0n) is 15.6. The van der Waals surface area contributed by atoms with Gasteiger partial charge in [0.2, 0.25) is 0 Å². The first kappa shape index (κ1) is 18.5. The smallest absolute Gasteiger partial charge is 0.250 e. The summed E-state index contributed by atoms with van der Waals surface area (Å²) in [5, 5.41) is 8.60. The number of halogens is 1. The van der Waals surface area contributed by atoms with Crippen LogP contribution in [-0.2, 0) is 16.8 Å². The summed E-state index contributed by atoms with van der Waals surface area (Å²) in [4.78, 5) is 15.9. The van der Waals surface area contributed by atoms with Crippen molar-refractivity contribution >= 4 is 17.5 Å². The Balaban J connectivity index is 1.54. The van der Waals surface area contributed by atoms with Crippen LogP contribution in [-0.4, -0.2) is 46.8 Å². The Morgan fingerprint density at radius 1 is 1.26 bits per heavy atom. The molecule has 1 saturated carbocycles. The zero-order chi connectivity index (χ0) is 18.7. The van der Waals surface area contributed by atoms with E-state index in [1.165, 1.54) is 18.4 Å². The molecular weight excluding hydrogens is 360 g/mol. The summed E-state index contributed by atoms with van der Waals surface area (Å²) in [6.45, 7) is 3.30. The van der Waals surface area contributed by atoms with E-state index in [-0.39, 0.29) is 5.91 Å². The SMILES string of the molecule is O=C(N(CCc1ccc(Cl)cc1)CC1CC1)C1(n2cccn2)CCNCC1. The molecule has 1 aromatic carbocycles. The average molecular weight is 387 g/mol. The Labute approximate surface area is 165 Å². The molecule has 1 aliphatic carbocycles. The number of amides is 1. The molecule has 0 atom stereocenters. The van der Waals surface area contributed by atoms with Crippen molar-refractivity contribution in [2.45, 2.75) is 37.6 Å². The molecule has 2 aromatic rings. The third kappa shape index (κ3) is 4.19. The van der Waals surface area contributed by atoms with Gasteiger partial charge in [-0.3, -0.25) is 9.48 Å². The van der Waals surface area contributed by atoms with E-state index in [1.807, 2.05) is 29.1 Å². The van der Waals surface area contributed by atoms with E-state index in [2.05, 4.69) is 27.4 Å². The van der Waals surface area contributed by atoms with Gasteiger partial charge in [-0.2, -0.15) is 5.10 Å². The number of nitrogens with one attached hydrogen (secondary N) is 1. The fourth-order valence-corrected chi connectivity index (χ4v) is 4.13. The molecule has 0 bridgehead atoms. The van der Waals surface area contributed by atoms with Crippen LogP contribution in [0, 0.1) is 5.92 Å². The molecule has 1 N–H and O–H groups in total. The molecule has 2 heterocycles. The fourth-order valence-electron chi connectivity index (χ4n) is 4.00. The van der Waals surface area contributed by atoms with Crippen molar-refractivity contribution < 1.29 is 4.79 Å². The fraction of sp³-hybridized carbons (Fsp3) is 0.524. The van der Waals surface area contributed by atoms with Crippen LogP contribution in [0.3, 0.4) is 0 Å².